The van der Waals surface area contributed by atoms with Gasteiger partial charge in [0.05, 0.1) is 10.8 Å². The van der Waals surface area contributed by atoms with Gasteiger partial charge >= 0.3 is 0 Å². The van der Waals surface area contributed by atoms with Crippen molar-refractivity contribution >= 4 is 66.4 Å². The first-order chi connectivity index (χ1) is 36.1. The zero-order valence-corrected chi connectivity index (χ0v) is 41.8. The van der Waals surface area contributed by atoms with E-state index in [1.54, 1.807) is 0 Å². The van der Waals surface area contributed by atoms with Crippen LogP contribution in [0.25, 0.3) is 32.3 Å². The van der Waals surface area contributed by atoms with Crippen molar-refractivity contribution in [3.8, 4) is 138 Å². The van der Waals surface area contributed by atoms with Crippen molar-refractivity contribution in [1.29, 1.82) is 0 Å². The van der Waals surface area contributed by atoms with Crippen LogP contribution in [0, 0.1) is 27.7 Å². The molecule has 0 saturated carbocycles. The normalized spacial score (nSPS) is 11.8. The fourth-order valence-electron chi connectivity index (χ4n) is 9.94. The molecule has 24 N–H and O–H groups in total. The Morgan fingerprint density at radius 1 is 0.192 bits per heavy atom. The summed E-state index contributed by atoms with van der Waals surface area (Å²) in [5.41, 5.74) is -11.5. The number of phenolic OH excluding ortho intramolecular Hbond substituents is 24. The molecule has 0 heterocycles. The van der Waals surface area contributed by atoms with E-state index in [1.165, 1.54) is 27.7 Å². The summed E-state index contributed by atoms with van der Waals surface area (Å²) in [6, 6.07) is 0. The van der Waals surface area contributed by atoms with Gasteiger partial charge in [-0.25, -0.2) is 0 Å². The number of benzene rings is 8. The summed E-state index contributed by atoms with van der Waals surface area (Å²) in [6.45, 7) is 9.63. The van der Waals surface area contributed by atoms with Crippen LogP contribution in [0.5, 0.6) is 138 Å². The van der Waals surface area contributed by atoms with Crippen LogP contribution in [0.1, 0.15) is 72.9 Å². The van der Waals surface area contributed by atoms with Crippen LogP contribution in [0.15, 0.2) is 0 Å². The molecule has 0 bridgehead atoms. The molecule has 78 heavy (non-hydrogen) atoms. The van der Waals surface area contributed by atoms with Gasteiger partial charge in [-0.15, -0.1) is 0 Å². The number of rotatable bonds is 8. The smallest absolute Gasteiger partial charge is 0.205 e. The molecular weight excluding hydrogens is 1040 g/mol. The lowest BCUT2D eigenvalue weighted by molar-refractivity contribution is 0.350. The molecule has 0 aromatic heterocycles. The molecule has 0 aliphatic heterocycles. The molecule has 0 aliphatic rings. The molecular formula is C52H50N2O24. The summed E-state index contributed by atoms with van der Waals surface area (Å²) in [6.07, 6.45) is 0. The van der Waals surface area contributed by atoms with Gasteiger partial charge in [0.1, 0.15) is 80.1 Å². The van der Waals surface area contributed by atoms with Crippen molar-refractivity contribution in [2.75, 3.05) is 9.80 Å². The van der Waals surface area contributed by atoms with E-state index in [0.717, 1.165) is 27.7 Å². The van der Waals surface area contributed by atoms with Gasteiger partial charge in [-0.3, -0.25) is 9.80 Å². The Balaban J connectivity index is 1.82. The van der Waals surface area contributed by atoms with E-state index >= 15 is 0 Å². The van der Waals surface area contributed by atoms with Gasteiger partial charge in [-0.05, 0) is 39.5 Å². The summed E-state index contributed by atoms with van der Waals surface area (Å²) in [7, 11) is 0. The SMILES string of the molecule is Cc1c(O)c(C)c(O)c(N(c2c(O)c(O)c(C(C)C)c(O)c2O)c2c(O)c3c4c(O)c(O)c(O)c(O)c4c(N(c4c(O)c(C)c(O)c(C)c4O)c4c(O)c(O)c(C(C)C)c(O)c4O)c(O)c3c3c(O)c(O)c(O)c(O)c23)c1O. The van der Waals surface area contributed by atoms with Crippen LogP contribution in [0.3, 0.4) is 0 Å². The van der Waals surface area contributed by atoms with Crippen molar-refractivity contribution < 1.29 is 123 Å². The zero-order chi connectivity index (χ0) is 58.6. The van der Waals surface area contributed by atoms with Crippen molar-refractivity contribution in [3.05, 3.63) is 33.4 Å². The second-order valence-corrected chi connectivity index (χ2v) is 19.0. The standard InChI is InChI=1S/C52H50N2O24/c1-9(2)15-37(63)45(71)27(46(72)38(15)64)53(25-31(57)11(5)29(55)12(6)32(25)58)23-21-19(41(67)49(75)51(77)43(21)69)18-17(35(23)61)20-22(44(70)52(78)50(76)42(20)68)24(36(18)62)54(26-33(59)13(7)30(56)14(8)34(26)60)28-47(73)39(65)16(10(3)4)40(66)48(28)74/h9-10,55-78H,1-8H3. The zero-order valence-electron chi connectivity index (χ0n) is 41.8. The van der Waals surface area contributed by atoms with Gasteiger partial charge in [0.15, 0.2) is 69.0 Å². The third-order valence-corrected chi connectivity index (χ3v) is 14.0. The largest absolute Gasteiger partial charge is 0.507 e. The molecule has 0 amide bonds. The third-order valence-electron chi connectivity index (χ3n) is 14.0. The van der Waals surface area contributed by atoms with Crippen molar-refractivity contribution in [2.24, 2.45) is 0 Å². The number of hydrogen-bond donors (Lipinski definition) is 24. The first-order valence-electron chi connectivity index (χ1n) is 22.8. The minimum absolute atomic E-state index is 0.126. The Labute approximate surface area is 436 Å². The highest BCUT2D eigenvalue weighted by molar-refractivity contribution is 6.35. The molecule has 8 aromatic rings. The number of phenols is 24. The molecule has 0 radical (unpaired) electrons. The van der Waals surface area contributed by atoms with Gasteiger partial charge in [0.25, 0.3) is 0 Å². The average molecular weight is 1090 g/mol. The maximum Gasteiger partial charge on any atom is 0.205 e. The van der Waals surface area contributed by atoms with Crippen LogP contribution in [0.2, 0.25) is 0 Å². The fraction of sp³-hybridized carbons (Fsp3) is 0.192. The number of hydrogen-bond acceptors (Lipinski definition) is 26. The minimum atomic E-state index is -1.73. The summed E-state index contributed by atoms with van der Waals surface area (Å²) in [5.74, 6) is -36.9. The summed E-state index contributed by atoms with van der Waals surface area (Å²) >= 11 is 0. The molecule has 0 spiro atoms. The lowest BCUT2D eigenvalue weighted by Crippen LogP contribution is -2.15. The quantitative estimate of drug-likeness (QED) is 0.0385. The lowest BCUT2D eigenvalue weighted by atomic mass is 9.88. The van der Waals surface area contributed by atoms with Crippen molar-refractivity contribution in [1.82, 2.24) is 0 Å². The Kier molecular flexibility index (Phi) is 12.0. The van der Waals surface area contributed by atoms with Gasteiger partial charge in [0, 0.05) is 54.9 Å². The Bertz CT molecular complexity index is 3660. The molecule has 26 heteroatoms. The van der Waals surface area contributed by atoms with E-state index in [9.17, 15) is 123 Å². The summed E-state index contributed by atoms with van der Waals surface area (Å²) in [5, 5.41) is 275. The highest BCUT2D eigenvalue weighted by atomic mass is 16.4. The van der Waals surface area contributed by atoms with E-state index in [4.69, 9.17) is 0 Å². The predicted molar refractivity (Wildman–Crippen MR) is 275 cm³/mol. The van der Waals surface area contributed by atoms with Crippen molar-refractivity contribution in [3.63, 3.8) is 0 Å². The monoisotopic (exact) mass is 1090 g/mol. The van der Waals surface area contributed by atoms with E-state index in [2.05, 4.69) is 0 Å². The Morgan fingerprint density at radius 3 is 0.603 bits per heavy atom. The van der Waals surface area contributed by atoms with Crippen LogP contribution in [-0.4, -0.2) is 123 Å². The maximum atomic E-state index is 13.2. The van der Waals surface area contributed by atoms with Crippen LogP contribution in [0.4, 0.5) is 34.1 Å². The Morgan fingerprint density at radius 2 is 0.385 bits per heavy atom. The van der Waals surface area contributed by atoms with Crippen LogP contribution >= 0.6 is 0 Å². The first kappa shape index (κ1) is 53.6. The number of aromatic hydroxyl groups is 24. The molecule has 0 aliphatic carbocycles. The van der Waals surface area contributed by atoms with E-state index in [0.29, 0.717) is 0 Å². The maximum absolute atomic E-state index is 13.2. The first-order valence-corrected chi connectivity index (χ1v) is 22.8. The predicted octanol–water partition coefficient (Wildman–Crippen LogP) is 8.50. The van der Waals surface area contributed by atoms with Gasteiger partial charge in [-0.1, -0.05) is 27.7 Å². The van der Waals surface area contributed by atoms with E-state index in [-0.39, 0.29) is 9.80 Å². The highest BCUT2D eigenvalue weighted by Gasteiger charge is 2.43. The number of nitrogens with zero attached hydrogens (tertiary/aromatic N) is 2. The molecule has 8 aromatic carbocycles. The summed E-state index contributed by atoms with van der Waals surface area (Å²) in [4.78, 5) is 0.253. The second-order valence-electron chi connectivity index (χ2n) is 19.0. The van der Waals surface area contributed by atoms with E-state index < -0.39 is 250 Å². The number of anilines is 6. The molecule has 412 valence electrons. The van der Waals surface area contributed by atoms with Crippen LogP contribution < -0.4 is 9.80 Å². The topological polar surface area (TPSA) is 492 Å². The molecule has 0 atom stereocenters. The molecule has 8 rings (SSSR count). The number of fused-ring (bicyclic) bond motifs is 5. The molecule has 0 unspecified atom stereocenters. The van der Waals surface area contributed by atoms with Gasteiger partial charge in [-0.2, -0.15) is 0 Å². The molecule has 0 saturated heterocycles. The average Bonchev–Trinajstić information content (AvgIpc) is 3.56. The fourth-order valence-corrected chi connectivity index (χ4v) is 9.94. The third kappa shape index (κ3) is 6.67. The molecule has 0 fully saturated rings. The van der Waals surface area contributed by atoms with E-state index in [1.807, 2.05) is 0 Å². The van der Waals surface area contributed by atoms with Crippen molar-refractivity contribution in [2.45, 2.75) is 67.2 Å². The lowest BCUT2D eigenvalue weighted by Gasteiger charge is -2.34. The van der Waals surface area contributed by atoms with Crippen LogP contribution in [-0.2, 0) is 0 Å². The molecule has 26 nitrogen and oxygen atoms in total. The van der Waals surface area contributed by atoms with Gasteiger partial charge < -0.3 is 123 Å². The highest BCUT2D eigenvalue weighted by Crippen LogP contribution is 2.71. The minimum Gasteiger partial charge on any atom is -0.507 e. The second kappa shape index (κ2) is 17.5. The van der Waals surface area contributed by atoms with Gasteiger partial charge in [0.2, 0.25) is 23.0 Å². The summed E-state index contributed by atoms with van der Waals surface area (Å²) < 4.78 is 0. The Hall–Kier alpha value is -10.7.